The molecule has 0 radical (unpaired) electrons. The van der Waals surface area contributed by atoms with E-state index in [-0.39, 0.29) is 18.0 Å². The molecular formula is C11H16ClNO4. The Morgan fingerprint density at radius 1 is 1.24 bits per heavy atom. The SMILES string of the molecule is CCOC(=O)c1cc(OC)c(OC)cc1N.Cl. The maximum atomic E-state index is 11.5. The summed E-state index contributed by atoms with van der Waals surface area (Å²) in [6.07, 6.45) is 0. The van der Waals surface area contributed by atoms with Gasteiger partial charge in [0.15, 0.2) is 11.5 Å². The summed E-state index contributed by atoms with van der Waals surface area (Å²) in [5.74, 6) is 0.453. The van der Waals surface area contributed by atoms with Crippen molar-refractivity contribution < 1.29 is 19.0 Å². The number of carbonyl (C=O) groups is 1. The summed E-state index contributed by atoms with van der Waals surface area (Å²) >= 11 is 0. The van der Waals surface area contributed by atoms with Gasteiger partial charge in [0.05, 0.1) is 32.1 Å². The first-order chi connectivity index (χ1) is 7.63. The van der Waals surface area contributed by atoms with Gasteiger partial charge >= 0.3 is 5.97 Å². The third-order valence-corrected chi connectivity index (χ3v) is 2.05. The molecule has 0 unspecified atom stereocenters. The molecule has 0 saturated carbocycles. The van der Waals surface area contributed by atoms with Gasteiger partial charge in [0, 0.05) is 12.1 Å². The van der Waals surface area contributed by atoms with Crippen LogP contribution in [-0.2, 0) is 4.74 Å². The third kappa shape index (κ3) is 3.42. The largest absolute Gasteiger partial charge is 0.493 e. The summed E-state index contributed by atoms with van der Waals surface area (Å²) in [4.78, 5) is 11.5. The van der Waals surface area contributed by atoms with E-state index in [2.05, 4.69) is 0 Å². The molecule has 17 heavy (non-hydrogen) atoms. The van der Waals surface area contributed by atoms with Crippen molar-refractivity contribution in [3.8, 4) is 11.5 Å². The molecule has 0 aliphatic rings. The number of anilines is 1. The fourth-order valence-corrected chi connectivity index (χ4v) is 1.28. The number of esters is 1. The predicted molar refractivity (Wildman–Crippen MR) is 67.2 cm³/mol. The van der Waals surface area contributed by atoms with Gasteiger partial charge in [-0.15, -0.1) is 12.4 Å². The molecule has 0 aliphatic heterocycles. The van der Waals surface area contributed by atoms with Gasteiger partial charge in [0.1, 0.15) is 0 Å². The van der Waals surface area contributed by atoms with Gasteiger partial charge in [-0.1, -0.05) is 0 Å². The number of carbonyl (C=O) groups excluding carboxylic acids is 1. The summed E-state index contributed by atoms with van der Waals surface area (Å²) < 4.78 is 15.0. The second-order valence-electron chi connectivity index (χ2n) is 3.01. The zero-order chi connectivity index (χ0) is 12.1. The van der Waals surface area contributed by atoms with Crippen LogP contribution in [0.4, 0.5) is 5.69 Å². The van der Waals surface area contributed by atoms with Gasteiger partial charge < -0.3 is 19.9 Å². The molecule has 0 amide bonds. The fraction of sp³-hybridized carbons (Fsp3) is 0.364. The Kier molecular flexibility index (Phi) is 6.20. The van der Waals surface area contributed by atoms with Crippen LogP contribution in [0.1, 0.15) is 17.3 Å². The van der Waals surface area contributed by atoms with Crippen LogP contribution in [0.15, 0.2) is 12.1 Å². The van der Waals surface area contributed by atoms with Crippen molar-refractivity contribution in [3.63, 3.8) is 0 Å². The number of hydrogen-bond donors (Lipinski definition) is 1. The quantitative estimate of drug-likeness (QED) is 0.662. The number of methoxy groups -OCH3 is 2. The fourth-order valence-electron chi connectivity index (χ4n) is 1.28. The van der Waals surface area contributed by atoms with E-state index in [1.165, 1.54) is 26.4 Å². The molecule has 0 heterocycles. The second kappa shape index (κ2) is 6.85. The van der Waals surface area contributed by atoms with Crippen molar-refractivity contribution in [2.75, 3.05) is 26.6 Å². The topological polar surface area (TPSA) is 70.8 Å². The van der Waals surface area contributed by atoms with Crippen molar-refractivity contribution in [1.29, 1.82) is 0 Å². The molecule has 1 rings (SSSR count). The number of halogens is 1. The van der Waals surface area contributed by atoms with E-state index in [1.54, 1.807) is 6.92 Å². The van der Waals surface area contributed by atoms with Crippen LogP contribution >= 0.6 is 12.4 Å². The average molecular weight is 262 g/mol. The Balaban J connectivity index is 0.00000256. The van der Waals surface area contributed by atoms with Gasteiger partial charge in [0.25, 0.3) is 0 Å². The highest BCUT2D eigenvalue weighted by Gasteiger charge is 2.15. The highest BCUT2D eigenvalue weighted by atomic mass is 35.5. The highest BCUT2D eigenvalue weighted by Crippen LogP contribution is 2.32. The summed E-state index contributed by atoms with van der Waals surface area (Å²) in [6, 6.07) is 3.04. The van der Waals surface area contributed by atoms with Crippen LogP contribution < -0.4 is 15.2 Å². The second-order valence-corrected chi connectivity index (χ2v) is 3.01. The van der Waals surface area contributed by atoms with Gasteiger partial charge in [-0.25, -0.2) is 4.79 Å². The van der Waals surface area contributed by atoms with E-state index in [9.17, 15) is 4.79 Å². The van der Waals surface area contributed by atoms with Crippen LogP contribution in [-0.4, -0.2) is 26.8 Å². The molecule has 0 spiro atoms. The van der Waals surface area contributed by atoms with Crippen molar-refractivity contribution in [2.24, 2.45) is 0 Å². The number of nitrogen functional groups attached to an aromatic ring is 1. The molecular weight excluding hydrogens is 246 g/mol. The number of benzene rings is 1. The third-order valence-electron chi connectivity index (χ3n) is 2.05. The minimum Gasteiger partial charge on any atom is -0.493 e. The van der Waals surface area contributed by atoms with Gasteiger partial charge in [-0.2, -0.15) is 0 Å². The van der Waals surface area contributed by atoms with Crippen LogP contribution in [0.2, 0.25) is 0 Å². The molecule has 0 aliphatic carbocycles. The van der Waals surface area contributed by atoms with E-state index >= 15 is 0 Å². The molecule has 5 nitrogen and oxygen atoms in total. The Morgan fingerprint density at radius 3 is 2.24 bits per heavy atom. The molecule has 1 aromatic rings. The Labute approximate surface area is 106 Å². The first-order valence-electron chi connectivity index (χ1n) is 4.82. The first-order valence-corrected chi connectivity index (χ1v) is 4.82. The summed E-state index contributed by atoms with van der Waals surface area (Å²) in [6.45, 7) is 2.03. The minimum absolute atomic E-state index is 0. The molecule has 6 heteroatoms. The zero-order valence-corrected chi connectivity index (χ0v) is 10.8. The summed E-state index contributed by atoms with van der Waals surface area (Å²) in [5.41, 5.74) is 6.29. The Bertz CT molecular complexity index is 395. The smallest absolute Gasteiger partial charge is 0.340 e. The lowest BCUT2D eigenvalue weighted by atomic mass is 10.1. The molecule has 0 bridgehead atoms. The van der Waals surface area contributed by atoms with E-state index in [1.807, 2.05) is 0 Å². The Hall–Kier alpha value is -1.62. The Morgan fingerprint density at radius 2 is 1.76 bits per heavy atom. The number of rotatable bonds is 4. The summed E-state index contributed by atoms with van der Waals surface area (Å²) in [7, 11) is 2.99. The van der Waals surface area contributed by atoms with E-state index in [0.717, 1.165) is 0 Å². The van der Waals surface area contributed by atoms with Crippen LogP contribution in [0.5, 0.6) is 11.5 Å². The highest BCUT2D eigenvalue weighted by molar-refractivity contribution is 5.96. The van der Waals surface area contributed by atoms with Crippen molar-refractivity contribution in [2.45, 2.75) is 6.92 Å². The lowest BCUT2D eigenvalue weighted by molar-refractivity contribution is 0.0527. The lowest BCUT2D eigenvalue weighted by Crippen LogP contribution is -2.08. The zero-order valence-electron chi connectivity index (χ0n) is 9.98. The average Bonchev–Trinajstić information content (AvgIpc) is 2.28. The maximum absolute atomic E-state index is 11.5. The molecule has 2 N–H and O–H groups in total. The normalized spacial score (nSPS) is 9.12. The molecule has 0 aromatic heterocycles. The number of ether oxygens (including phenoxy) is 3. The van der Waals surface area contributed by atoms with E-state index in [4.69, 9.17) is 19.9 Å². The van der Waals surface area contributed by atoms with Crippen LogP contribution in [0.3, 0.4) is 0 Å². The van der Waals surface area contributed by atoms with Crippen LogP contribution in [0.25, 0.3) is 0 Å². The number of nitrogens with two attached hydrogens (primary N) is 1. The lowest BCUT2D eigenvalue weighted by Gasteiger charge is -2.11. The number of hydrogen-bond acceptors (Lipinski definition) is 5. The van der Waals surface area contributed by atoms with Gasteiger partial charge in [-0.05, 0) is 6.92 Å². The van der Waals surface area contributed by atoms with Crippen molar-refractivity contribution in [1.82, 2.24) is 0 Å². The van der Waals surface area contributed by atoms with Gasteiger partial charge in [-0.3, -0.25) is 0 Å². The van der Waals surface area contributed by atoms with Crippen molar-refractivity contribution in [3.05, 3.63) is 17.7 Å². The standard InChI is InChI=1S/C11H15NO4.ClH/c1-4-16-11(13)7-5-9(14-2)10(15-3)6-8(7)12;/h5-6H,4,12H2,1-3H3;1H. The minimum atomic E-state index is -0.471. The van der Waals surface area contributed by atoms with Gasteiger partial charge in [0.2, 0.25) is 0 Å². The molecule has 0 fully saturated rings. The predicted octanol–water partition coefficient (Wildman–Crippen LogP) is 1.88. The van der Waals surface area contributed by atoms with E-state index in [0.29, 0.717) is 23.8 Å². The molecule has 96 valence electrons. The molecule has 0 atom stereocenters. The van der Waals surface area contributed by atoms with Crippen LogP contribution in [0, 0.1) is 0 Å². The van der Waals surface area contributed by atoms with Crippen molar-refractivity contribution >= 4 is 24.1 Å². The molecule has 1 aromatic carbocycles. The maximum Gasteiger partial charge on any atom is 0.340 e. The summed E-state index contributed by atoms with van der Waals surface area (Å²) in [5, 5.41) is 0. The first kappa shape index (κ1) is 15.4. The molecule has 0 saturated heterocycles. The van der Waals surface area contributed by atoms with E-state index < -0.39 is 5.97 Å². The monoisotopic (exact) mass is 261 g/mol.